The number of nitrogens with zero attached hydrogens (tertiary/aromatic N) is 2. The number of rotatable bonds is 5. The molecule has 2 heterocycles. The van der Waals surface area contributed by atoms with Crippen molar-refractivity contribution in [1.82, 2.24) is 14.9 Å². The third kappa shape index (κ3) is 3.88. The highest BCUT2D eigenvalue weighted by atomic mass is 32.2. The number of hydrogen-bond donors (Lipinski definition) is 1. The summed E-state index contributed by atoms with van der Waals surface area (Å²) in [7, 11) is 0. The number of aromatic nitrogens is 2. The van der Waals surface area contributed by atoms with Crippen LogP contribution in [0.15, 0.2) is 70.7 Å². The Kier molecular flexibility index (Phi) is 4.93. The van der Waals surface area contributed by atoms with Crippen LogP contribution in [0.4, 0.5) is 0 Å². The van der Waals surface area contributed by atoms with Crippen molar-refractivity contribution in [3.63, 3.8) is 0 Å². The molecule has 7 heteroatoms. The molecule has 0 aliphatic carbocycles. The molecule has 4 rings (SSSR count). The van der Waals surface area contributed by atoms with Crippen LogP contribution >= 0.6 is 11.8 Å². The number of nitrogens with one attached hydrogen (secondary N) is 1. The molecule has 1 amide bonds. The van der Waals surface area contributed by atoms with Crippen molar-refractivity contribution >= 4 is 17.7 Å². The number of fused-ring (bicyclic) bond motifs is 1. The van der Waals surface area contributed by atoms with E-state index in [1.54, 1.807) is 4.57 Å². The second kappa shape index (κ2) is 7.67. The van der Waals surface area contributed by atoms with Gasteiger partial charge in [-0.3, -0.25) is 14.2 Å². The summed E-state index contributed by atoms with van der Waals surface area (Å²) in [6, 6.07) is 17.0. The van der Waals surface area contributed by atoms with Gasteiger partial charge in [-0.25, -0.2) is 4.98 Å². The molecule has 6 nitrogen and oxygen atoms in total. The van der Waals surface area contributed by atoms with Crippen LogP contribution in [0.5, 0.6) is 11.5 Å². The van der Waals surface area contributed by atoms with Gasteiger partial charge in [0.15, 0.2) is 5.16 Å². The van der Waals surface area contributed by atoms with E-state index in [-0.39, 0.29) is 11.1 Å². The normalized spacial score (nSPS) is 12.4. The Bertz CT molecular complexity index is 1030. The number of carbonyl (C=O) groups is 1. The lowest BCUT2D eigenvalue weighted by atomic mass is 10.2. The first-order valence-electron chi connectivity index (χ1n) is 8.53. The van der Waals surface area contributed by atoms with Gasteiger partial charge in [-0.2, -0.15) is 0 Å². The molecule has 0 atom stereocenters. The fourth-order valence-corrected chi connectivity index (χ4v) is 3.71. The first-order valence-corrected chi connectivity index (χ1v) is 9.52. The van der Waals surface area contributed by atoms with Crippen LogP contribution in [0, 0.1) is 0 Å². The highest BCUT2D eigenvalue weighted by molar-refractivity contribution is 7.99. The third-order valence-electron chi connectivity index (χ3n) is 4.13. The summed E-state index contributed by atoms with van der Waals surface area (Å²) >= 11 is 1.52. The molecule has 2 aromatic carbocycles. The topological polar surface area (TPSA) is 73.2 Å². The SMILES string of the molecule is O=C(NCc1cccc(Oc2ccccc2)c1)c1cnc2n(c1=O)CCS2. The van der Waals surface area contributed by atoms with Crippen LogP contribution in [-0.2, 0) is 13.1 Å². The molecule has 27 heavy (non-hydrogen) atoms. The van der Waals surface area contributed by atoms with Crippen LogP contribution < -0.4 is 15.6 Å². The molecular weight excluding hydrogens is 362 g/mol. The van der Waals surface area contributed by atoms with Gasteiger partial charge in [0.1, 0.15) is 17.1 Å². The maximum Gasteiger partial charge on any atom is 0.267 e. The minimum absolute atomic E-state index is 0.0675. The zero-order valence-corrected chi connectivity index (χ0v) is 15.2. The lowest BCUT2D eigenvalue weighted by Crippen LogP contribution is -2.33. The van der Waals surface area contributed by atoms with Gasteiger partial charge < -0.3 is 10.1 Å². The first kappa shape index (κ1) is 17.4. The van der Waals surface area contributed by atoms with E-state index in [9.17, 15) is 9.59 Å². The molecule has 0 bridgehead atoms. The van der Waals surface area contributed by atoms with E-state index in [0.717, 1.165) is 17.1 Å². The molecule has 0 saturated heterocycles. The van der Waals surface area contributed by atoms with Gasteiger partial charge in [0, 0.05) is 25.0 Å². The van der Waals surface area contributed by atoms with Crippen LogP contribution in [0.25, 0.3) is 0 Å². The maximum atomic E-state index is 12.4. The van der Waals surface area contributed by atoms with Gasteiger partial charge in [0.05, 0.1) is 0 Å². The Morgan fingerprint density at radius 3 is 2.81 bits per heavy atom. The molecule has 1 aliphatic rings. The molecular formula is C20H17N3O3S. The van der Waals surface area contributed by atoms with Gasteiger partial charge in [-0.1, -0.05) is 42.1 Å². The largest absolute Gasteiger partial charge is 0.457 e. The summed E-state index contributed by atoms with van der Waals surface area (Å²) in [6.07, 6.45) is 1.36. The Hall–Kier alpha value is -3.06. The lowest BCUT2D eigenvalue weighted by molar-refractivity contribution is 0.0948. The summed E-state index contributed by atoms with van der Waals surface area (Å²) in [4.78, 5) is 29.0. The zero-order chi connectivity index (χ0) is 18.6. The lowest BCUT2D eigenvalue weighted by Gasteiger charge is -2.09. The molecule has 0 fully saturated rings. The fraction of sp³-hybridized carbons (Fsp3) is 0.150. The van der Waals surface area contributed by atoms with Crippen molar-refractivity contribution in [2.45, 2.75) is 18.2 Å². The van der Waals surface area contributed by atoms with Crippen LogP contribution in [0.3, 0.4) is 0 Å². The van der Waals surface area contributed by atoms with Gasteiger partial charge in [0.2, 0.25) is 0 Å². The van der Waals surface area contributed by atoms with Crippen molar-refractivity contribution in [2.75, 3.05) is 5.75 Å². The van der Waals surface area contributed by atoms with Crippen molar-refractivity contribution in [2.24, 2.45) is 0 Å². The average molecular weight is 379 g/mol. The van der Waals surface area contributed by atoms with E-state index in [1.165, 1.54) is 18.0 Å². The first-order chi connectivity index (χ1) is 13.2. The number of carbonyl (C=O) groups excluding carboxylic acids is 1. The highest BCUT2D eigenvalue weighted by Gasteiger charge is 2.19. The number of para-hydroxylation sites is 1. The molecule has 0 unspecified atom stereocenters. The van der Waals surface area contributed by atoms with Crippen molar-refractivity contribution in [3.8, 4) is 11.5 Å². The third-order valence-corrected chi connectivity index (χ3v) is 5.10. The average Bonchev–Trinajstić information content (AvgIpc) is 3.17. The van der Waals surface area contributed by atoms with E-state index in [4.69, 9.17) is 4.74 Å². The Morgan fingerprint density at radius 2 is 1.96 bits per heavy atom. The zero-order valence-electron chi connectivity index (χ0n) is 14.4. The Labute approximate surface area is 160 Å². The quantitative estimate of drug-likeness (QED) is 0.690. The second-order valence-corrected chi connectivity index (χ2v) is 7.07. The standard InChI is InChI=1S/C20H17N3O3S/c24-18(17-13-22-20-23(19(17)25)9-10-27-20)21-12-14-5-4-8-16(11-14)26-15-6-2-1-3-7-15/h1-8,11,13H,9-10,12H2,(H,21,24). The molecule has 1 N–H and O–H groups in total. The molecule has 0 radical (unpaired) electrons. The smallest absolute Gasteiger partial charge is 0.267 e. The van der Waals surface area contributed by atoms with Gasteiger partial charge >= 0.3 is 0 Å². The summed E-state index contributed by atoms with van der Waals surface area (Å²) < 4.78 is 7.35. The van der Waals surface area contributed by atoms with Crippen LogP contribution in [0.2, 0.25) is 0 Å². The number of benzene rings is 2. The van der Waals surface area contributed by atoms with Crippen molar-refractivity contribution in [1.29, 1.82) is 0 Å². The Balaban J connectivity index is 1.44. The molecule has 1 aliphatic heterocycles. The summed E-state index contributed by atoms with van der Waals surface area (Å²) in [6.45, 7) is 0.882. The summed E-state index contributed by atoms with van der Waals surface area (Å²) in [5, 5.41) is 3.45. The number of thioether (sulfide) groups is 1. The van der Waals surface area contributed by atoms with Gasteiger partial charge in [-0.15, -0.1) is 0 Å². The molecule has 0 saturated carbocycles. The van der Waals surface area contributed by atoms with Gasteiger partial charge in [-0.05, 0) is 29.8 Å². The minimum atomic E-state index is -0.422. The predicted molar refractivity (Wildman–Crippen MR) is 103 cm³/mol. The van der Waals surface area contributed by atoms with E-state index in [2.05, 4.69) is 10.3 Å². The second-order valence-electron chi connectivity index (χ2n) is 6.00. The van der Waals surface area contributed by atoms with E-state index in [1.807, 2.05) is 54.6 Å². The van der Waals surface area contributed by atoms with Crippen LogP contribution in [0.1, 0.15) is 15.9 Å². The van der Waals surface area contributed by atoms with Crippen molar-refractivity contribution in [3.05, 3.63) is 82.3 Å². The fourth-order valence-electron chi connectivity index (χ4n) is 2.79. The summed E-state index contributed by atoms with van der Waals surface area (Å²) in [5.74, 6) is 1.81. The Morgan fingerprint density at radius 1 is 1.15 bits per heavy atom. The number of amides is 1. The minimum Gasteiger partial charge on any atom is -0.457 e. The number of hydrogen-bond acceptors (Lipinski definition) is 5. The summed E-state index contributed by atoms with van der Waals surface area (Å²) in [5.41, 5.74) is 0.656. The van der Waals surface area contributed by atoms with E-state index < -0.39 is 5.91 Å². The molecule has 3 aromatic rings. The van der Waals surface area contributed by atoms with Crippen LogP contribution in [-0.4, -0.2) is 21.2 Å². The molecule has 1 aromatic heterocycles. The molecule has 136 valence electrons. The highest BCUT2D eigenvalue weighted by Crippen LogP contribution is 2.22. The van der Waals surface area contributed by atoms with Gasteiger partial charge in [0.25, 0.3) is 11.5 Å². The van der Waals surface area contributed by atoms with E-state index >= 15 is 0 Å². The van der Waals surface area contributed by atoms with Crippen molar-refractivity contribution < 1.29 is 9.53 Å². The monoisotopic (exact) mass is 379 g/mol. The predicted octanol–water partition coefficient (Wildman–Crippen LogP) is 3.07. The molecule has 0 spiro atoms. The van der Waals surface area contributed by atoms with E-state index in [0.29, 0.717) is 24.0 Å². The maximum absolute atomic E-state index is 12.4. The number of ether oxygens (including phenoxy) is 1.